The predicted octanol–water partition coefficient (Wildman–Crippen LogP) is 3.70. The summed E-state index contributed by atoms with van der Waals surface area (Å²) in [5, 5.41) is 0. The normalized spacial score (nSPS) is 10.4. The molecule has 0 aliphatic rings. The van der Waals surface area contributed by atoms with E-state index < -0.39 is 5.82 Å². The number of anilines is 1. The molecule has 0 radical (unpaired) electrons. The molecule has 0 aliphatic carbocycles. The summed E-state index contributed by atoms with van der Waals surface area (Å²) in [6.45, 7) is 0. The first-order valence-electron chi connectivity index (χ1n) is 4.65. The average molecular weight is 237 g/mol. The lowest BCUT2D eigenvalue weighted by Crippen LogP contribution is -1.93. The molecular weight excluding hydrogens is 228 g/mol. The lowest BCUT2D eigenvalue weighted by atomic mass is 10.3. The van der Waals surface area contributed by atoms with Crippen molar-refractivity contribution in [2.45, 2.75) is 9.79 Å². The summed E-state index contributed by atoms with van der Waals surface area (Å²) in [6, 6.07) is 10.8. The van der Waals surface area contributed by atoms with Crippen molar-refractivity contribution in [1.82, 2.24) is 0 Å². The number of rotatable bonds is 2. The molecule has 0 unspecified atom stereocenters. The van der Waals surface area contributed by atoms with Gasteiger partial charge < -0.3 is 5.73 Å². The summed E-state index contributed by atoms with van der Waals surface area (Å²) < 4.78 is 26.5. The Morgan fingerprint density at radius 2 is 1.44 bits per heavy atom. The number of hydrogen-bond donors (Lipinski definition) is 1. The molecule has 2 rings (SSSR count). The summed E-state index contributed by atoms with van der Waals surface area (Å²) in [5.74, 6) is -0.822. The molecule has 2 aromatic carbocycles. The Balaban J connectivity index is 2.35. The quantitative estimate of drug-likeness (QED) is 0.806. The Labute approximate surface area is 96.3 Å². The average Bonchev–Trinajstić information content (AvgIpc) is 2.28. The standard InChI is InChI=1S/C12H9F2NS/c13-8-4-1-2-6-10(8)16-11-7-3-5-9(14)12(11)15/h1-7H,15H2. The highest BCUT2D eigenvalue weighted by molar-refractivity contribution is 7.99. The van der Waals surface area contributed by atoms with E-state index >= 15 is 0 Å². The molecule has 0 saturated carbocycles. The third-order valence-electron chi connectivity index (χ3n) is 2.07. The smallest absolute Gasteiger partial charge is 0.147 e. The van der Waals surface area contributed by atoms with E-state index in [1.54, 1.807) is 30.3 Å². The van der Waals surface area contributed by atoms with E-state index in [1.807, 2.05) is 0 Å². The van der Waals surface area contributed by atoms with Gasteiger partial charge in [-0.25, -0.2) is 8.78 Å². The molecule has 82 valence electrons. The third kappa shape index (κ3) is 2.17. The maximum atomic E-state index is 13.4. The zero-order valence-corrected chi connectivity index (χ0v) is 9.10. The van der Waals surface area contributed by atoms with Crippen LogP contribution in [-0.4, -0.2) is 0 Å². The Kier molecular flexibility index (Phi) is 3.10. The van der Waals surface area contributed by atoms with Crippen LogP contribution >= 0.6 is 11.8 Å². The number of nitrogens with two attached hydrogens (primary N) is 1. The van der Waals surface area contributed by atoms with Crippen LogP contribution < -0.4 is 5.73 Å². The second-order valence-corrected chi connectivity index (χ2v) is 4.27. The Hall–Kier alpha value is -1.55. The van der Waals surface area contributed by atoms with Crippen molar-refractivity contribution >= 4 is 17.4 Å². The van der Waals surface area contributed by atoms with Crippen LogP contribution in [0.15, 0.2) is 52.3 Å². The fraction of sp³-hybridized carbons (Fsp3) is 0. The van der Waals surface area contributed by atoms with Crippen LogP contribution in [0.2, 0.25) is 0 Å². The highest BCUT2D eigenvalue weighted by Gasteiger charge is 2.08. The van der Waals surface area contributed by atoms with Crippen LogP contribution in [0.4, 0.5) is 14.5 Å². The van der Waals surface area contributed by atoms with Gasteiger partial charge in [-0.1, -0.05) is 30.0 Å². The van der Waals surface area contributed by atoms with Crippen molar-refractivity contribution in [2.24, 2.45) is 0 Å². The highest BCUT2D eigenvalue weighted by atomic mass is 32.2. The fourth-order valence-corrected chi connectivity index (χ4v) is 2.16. The van der Waals surface area contributed by atoms with E-state index in [2.05, 4.69) is 0 Å². The molecule has 0 atom stereocenters. The number of nitrogen functional groups attached to an aromatic ring is 1. The van der Waals surface area contributed by atoms with Gasteiger partial charge >= 0.3 is 0 Å². The van der Waals surface area contributed by atoms with Crippen molar-refractivity contribution in [3.05, 3.63) is 54.1 Å². The van der Waals surface area contributed by atoms with E-state index in [9.17, 15) is 8.78 Å². The summed E-state index contributed by atoms with van der Waals surface area (Å²) in [4.78, 5) is 0.949. The Morgan fingerprint density at radius 1 is 0.812 bits per heavy atom. The molecule has 0 amide bonds. The first-order valence-corrected chi connectivity index (χ1v) is 5.46. The summed E-state index contributed by atoms with van der Waals surface area (Å²) >= 11 is 1.11. The first kappa shape index (κ1) is 11.0. The molecule has 4 heteroatoms. The lowest BCUT2D eigenvalue weighted by Gasteiger charge is -2.06. The first-order chi connectivity index (χ1) is 7.68. The van der Waals surface area contributed by atoms with Gasteiger partial charge in [-0.05, 0) is 24.3 Å². The zero-order valence-electron chi connectivity index (χ0n) is 8.28. The molecule has 0 bridgehead atoms. The summed E-state index contributed by atoms with van der Waals surface area (Å²) in [7, 11) is 0. The molecule has 0 heterocycles. The van der Waals surface area contributed by atoms with Gasteiger partial charge in [-0.2, -0.15) is 0 Å². The minimum Gasteiger partial charge on any atom is -0.395 e. The maximum absolute atomic E-state index is 13.4. The van der Waals surface area contributed by atoms with E-state index in [0.717, 1.165) is 11.8 Å². The van der Waals surface area contributed by atoms with Crippen LogP contribution in [0.5, 0.6) is 0 Å². The highest BCUT2D eigenvalue weighted by Crippen LogP contribution is 2.34. The van der Waals surface area contributed by atoms with E-state index in [0.29, 0.717) is 9.79 Å². The number of para-hydroxylation sites is 1. The van der Waals surface area contributed by atoms with Gasteiger partial charge in [0.25, 0.3) is 0 Å². The van der Waals surface area contributed by atoms with Crippen molar-refractivity contribution < 1.29 is 8.78 Å². The van der Waals surface area contributed by atoms with Crippen LogP contribution in [0.3, 0.4) is 0 Å². The summed E-state index contributed by atoms with van der Waals surface area (Å²) in [6.07, 6.45) is 0. The molecule has 0 aromatic heterocycles. The van der Waals surface area contributed by atoms with Gasteiger partial charge in [-0.3, -0.25) is 0 Å². The molecule has 2 aromatic rings. The Morgan fingerprint density at radius 3 is 2.19 bits per heavy atom. The van der Waals surface area contributed by atoms with Crippen molar-refractivity contribution in [1.29, 1.82) is 0 Å². The van der Waals surface area contributed by atoms with Gasteiger partial charge in [0.05, 0.1) is 5.69 Å². The Bertz CT molecular complexity index is 514. The van der Waals surface area contributed by atoms with Crippen LogP contribution in [0, 0.1) is 11.6 Å². The minimum absolute atomic E-state index is 0.0516. The van der Waals surface area contributed by atoms with Crippen LogP contribution in [0.1, 0.15) is 0 Å². The predicted molar refractivity (Wildman–Crippen MR) is 61.3 cm³/mol. The lowest BCUT2D eigenvalue weighted by molar-refractivity contribution is 0.602. The van der Waals surface area contributed by atoms with Gasteiger partial charge in [0.15, 0.2) is 0 Å². The molecule has 0 aliphatic heterocycles. The van der Waals surface area contributed by atoms with Crippen molar-refractivity contribution in [3.8, 4) is 0 Å². The van der Waals surface area contributed by atoms with Gasteiger partial charge in [0.1, 0.15) is 11.6 Å². The van der Waals surface area contributed by atoms with Gasteiger partial charge in [-0.15, -0.1) is 0 Å². The van der Waals surface area contributed by atoms with Crippen LogP contribution in [-0.2, 0) is 0 Å². The molecule has 2 N–H and O–H groups in total. The molecule has 0 fully saturated rings. The van der Waals surface area contributed by atoms with E-state index in [4.69, 9.17) is 5.73 Å². The van der Waals surface area contributed by atoms with E-state index in [-0.39, 0.29) is 11.5 Å². The largest absolute Gasteiger partial charge is 0.395 e. The molecule has 16 heavy (non-hydrogen) atoms. The van der Waals surface area contributed by atoms with E-state index in [1.165, 1.54) is 12.1 Å². The fourth-order valence-electron chi connectivity index (χ4n) is 1.25. The molecule has 0 spiro atoms. The monoisotopic (exact) mass is 237 g/mol. The zero-order chi connectivity index (χ0) is 11.5. The van der Waals surface area contributed by atoms with Gasteiger partial charge in [0, 0.05) is 9.79 Å². The van der Waals surface area contributed by atoms with Crippen LogP contribution in [0.25, 0.3) is 0 Å². The summed E-state index contributed by atoms with van der Waals surface area (Å²) in [5.41, 5.74) is 5.61. The second-order valence-electron chi connectivity index (χ2n) is 3.18. The van der Waals surface area contributed by atoms with Crippen molar-refractivity contribution in [3.63, 3.8) is 0 Å². The van der Waals surface area contributed by atoms with Crippen molar-refractivity contribution in [2.75, 3.05) is 5.73 Å². The SMILES string of the molecule is Nc1c(F)cccc1Sc1ccccc1F. The third-order valence-corrected chi connectivity index (χ3v) is 3.20. The molecule has 1 nitrogen and oxygen atoms in total. The minimum atomic E-state index is -0.485. The second kappa shape index (κ2) is 4.53. The van der Waals surface area contributed by atoms with Gasteiger partial charge in [0.2, 0.25) is 0 Å². The number of hydrogen-bond acceptors (Lipinski definition) is 2. The maximum Gasteiger partial charge on any atom is 0.147 e. The topological polar surface area (TPSA) is 26.0 Å². The molecular formula is C12H9F2NS. The number of halogens is 2. The molecule has 0 saturated heterocycles. The number of benzene rings is 2.